The highest BCUT2D eigenvalue weighted by Gasteiger charge is 2.37. The lowest BCUT2D eigenvalue weighted by atomic mass is 10.1. The number of amides is 1. The average molecular weight is 600 g/mol. The number of carbonyl (C=O) groups excluding carboxylic acids is 1. The molecule has 196 valence electrons. The van der Waals surface area contributed by atoms with Crippen molar-refractivity contribution in [1.29, 1.82) is 0 Å². The molecule has 1 aliphatic rings. The van der Waals surface area contributed by atoms with E-state index in [1.807, 2.05) is 0 Å². The van der Waals surface area contributed by atoms with Crippen LogP contribution in [0.2, 0.25) is 0 Å². The highest BCUT2D eigenvalue weighted by atomic mass is 79.9. The van der Waals surface area contributed by atoms with Crippen molar-refractivity contribution < 1.29 is 40.8 Å². The Balaban J connectivity index is 1.69. The lowest BCUT2D eigenvalue weighted by Gasteiger charge is -2.15. The predicted molar refractivity (Wildman–Crippen MR) is 126 cm³/mol. The summed E-state index contributed by atoms with van der Waals surface area (Å²) in [5, 5.41) is 15.3. The fourth-order valence-electron chi connectivity index (χ4n) is 3.48. The molecule has 0 aliphatic carbocycles. The molecule has 1 aliphatic heterocycles. The average Bonchev–Trinajstić information content (AvgIpc) is 3.14. The smallest absolute Gasteiger partial charge is 0.312 e. The maximum absolute atomic E-state index is 14.2. The zero-order valence-corrected chi connectivity index (χ0v) is 20.5. The van der Waals surface area contributed by atoms with Gasteiger partial charge in [0.2, 0.25) is 11.6 Å². The van der Waals surface area contributed by atoms with Gasteiger partial charge in [0.25, 0.3) is 5.91 Å². The van der Waals surface area contributed by atoms with Crippen LogP contribution in [0.25, 0.3) is 6.08 Å². The van der Waals surface area contributed by atoms with Crippen LogP contribution in [-0.2, 0) is 11.4 Å². The summed E-state index contributed by atoms with van der Waals surface area (Å²) in [6, 6.07) is 7.61. The molecule has 0 atom stereocenters. The van der Waals surface area contributed by atoms with Gasteiger partial charge in [0.05, 0.1) is 20.7 Å². The van der Waals surface area contributed by atoms with Gasteiger partial charge in [0.1, 0.15) is 18.1 Å². The van der Waals surface area contributed by atoms with E-state index >= 15 is 0 Å². The zero-order valence-electron chi connectivity index (χ0n) is 18.9. The van der Waals surface area contributed by atoms with E-state index in [-0.39, 0.29) is 38.7 Å². The first-order chi connectivity index (χ1) is 17.9. The summed E-state index contributed by atoms with van der Waals surface area (Å²) in [5.41, 5.74) is -1.99. The van der Waals surface area contributed by atoms with Gasteiger partial charge in [0, 0.05) is 6.07 Å². The third-order valence-corrected chi connectivity index (χ3v) is 5.90. The molecule has 7 nitrogen and oxygen atoms in total. The first kappa shape index (κ1) is 26.9. The second-order valence-corrected chi connectivity index (χ2v) is 8.66. The van der Waals surface area contributed by atoms with Gasteiger partial charge in [-0.05, 0) is 58.3 Å². The molecular formula is C24H12BrF6N3O4. The third-order valence-electron chi connectivity index (χ3n) is 5.31. The minimum Gasteiger partial charge on any atom is -0.481 e. The van der Waals surface area contributed by atoms with Gasteiger partial charge in [-0.25, -0.2) is 26.3 Å². The van der Waals surface area contributed by atoms with Gasteiger partial charge in [0.15, 0.2) is 23.3 Å². The summed E-state index contributed by atoms with van der Waals surface area (Å²) < 4.78 is 87.9. The molecule has 0 radical (unpaired) electrons. The van der Waals surface area contributed by atoms with Crippen LogP contribution in [0, 0.1) is 45.0 Å². The molecule has 38 heavy (non-hydrogen) atoms. The Kier molecular flexibility index (Phi) is 7.26. The summed E-state index contributed by atoms with van der Waals surface area (Å²) in [6.07, 6.45) is 1.09. The van der Waals surface area contributed by atoms with Gasteiger partial charge in [-0.3, -0.25) is 14.9 Å². The molecule has 3 aromatic rings. The van der Waals surface area contributed by atoms with Crippen molar-refractivity contribution in [3.63, 3.8) is 0 Å². The van der Waals surface area contributed by atoms with E-state index in [2.05, 4.69) is 21.0 Å². The van der Waals surface area contributed by atoms with Crippen LogP contribution in [0.1, 0.15) is 18.1 Å². The van der Waals surface area contributed by atoms with E-state index in [4.69, 9.17) is 4.74 Å². The SMILES string of the molecule is CC1=NN(c2c(F)c(F)c(F)c(F)c2F)C(=O)/C1=C\c1cc(Br)c(OCc2ccc(F)cc2)c([N+](=O)[O-])c1. The van der Waals surface area contributed by atoms with Gasteiger partial charge >= 0.3 is 5.69 Å². The highest BCUT2D eigenvalue weighted by molar-refractivity contribution is 9.10. The Morgan fingerprint density at radius 3 is 2.16 bits per heavy atom. The van der Waals surface area contributed by atoms with Crippen molar-refractivity contribution in [2.75, 3.05) is 5.01 Å². The summed E-state index contributed by atoms with van der Waals surface area (Å²) >= 11 is 3.16. The Morgan fingerprint density at radius 1 is 1.00 bits per heavy atom. The van der Waals surface area contributed by atoms with Gasteiger partial charge in [-0.15, -0.1) is 0 Å². The van der Waals surface area contributed by atoms with E-state index in [0.717, 1.165) is 12.1 Å². The van der Waals surface area contributed by atoms with Crippen LogP contribution < -0.4 is 9.75 Å². The second-order valence-electron chi connectivity index (χ2n) is 7.80. The lowest BCUT2D eigenvalue weighted by Crippen LogP contribution is -2.25. The van der Waals surface area contributed by atoms with Gasteiger partial charge < -0.3 is 4.74 Å². The number of nitrogens with zero attached hydrogens (tertiary/aromatic N) is 3. The molecule has 1 heterocycles. The number of anilines is 1. The highest BCUT2D eigenvalue weighted by Crippen LogP contribution is 2.39. The van der Waals surface area contributed by atoms with Crippen molar-refractivity contribution in [3.8, 4) is 5.75 Å². The summed E-state index contributed by atoms with van der Waals surface area (Å²) in [6.45, 7) is 1.10. The Bertz CT molecular complexity index is 1530. The number of ether oxygens (including phenoxy) is 1. The minimum absolute atomic E-state index is 0.0288. The van der Waals surface area contributed by atoms with Crippen molar-refractivity contribution in [2.45, 2.75) is 13.5 Å². The van der Waals surface area contributed by atoms with Crippen LogP contribution in [0.3, 0.4) is 0 Å². The van der Waals surface area contributed by atoms with Crippen LogP contribution >= 0.6 is 15.9 Å². The number of carbonyl (C=O) groups is 1. The van der Waals surface area contributed by atoms with Gasteiger partial charge in [-0.2, -0.15) is 10.1 Å². The number of hydrogen-bond donors (Lipinski definition) is 0. The third kappa shape index (κ3) is 4.86. The lowest BCUT2D eigenvalue weighted by molar-refractivity contribution is -0.386. The van der Waals surface area contributed by atoms with E-state index in [0.29, 0.717) is 5.56 Å². The summed E-state index contributed by atoms with van der Waals surface area (Å²) in [7, 11) is 0. The van der Waals surface area contributed by atoms with E-state index < -0.39 is 57.1 Å². The topological polar surface area (TPSA) is 85.0 Å². The maximum atomic E-state index is 14.2. The van der Waals surface area contributed by atoms with E-state index in [1.165, 1.54) is 37.3 Å². The first-order valence-corrected chi connectivity index (χ1v) is 11.2. The van der Waals surface area contributed by atoms with Crippen LogP contribution in [0.5, 0.6) is 5.75 Å². The number of hydrazone groups is 1. The molecule has 0 unspecified atom stereocenters. The number of nitro benzene ring substituents is 1. The molecule has 0 saturated carbocycles. The molecule has 0 bridgehead atoms. The number of rotatable bonds is 6. The number of benzene rings is 3. The first-order valence-electron chi connectivity index (χ1n) is 10.4. The summed E-state index contributed by atoms with van der Waals surface area (Å²) in [5.74, 6) is -13.3. The van der Waals surface area contributed by atoms with Crippen LogP contribution in [-0.4, -0.2) is 16.5 Å². The van der Waals surface area contributed by atoms with Gasteiger partial charge in [-0.1, -0.05) is 12.1 Å². The minimum atomic E-state index is -2.40. The molecule has 0 spiro atoms. The number of halogens is 7. The summed E-state index contributed by atoms with van der Waals surface area (Å²) in [4.78, 5) is 23.8. The molecular weight excluding hydrogens is 588 g/mol. The quantitative estimate of drug-likeness (QED) is 0.0800. The van der Waals surface area contributed by atoms with Crippen molar-refractivity contribution in [1.82, 2.24) is 0 Å². The van der Waals surface area contributed by atoms with Crippen molar-refractivity contribution in [2.24, 2.45) is 5.10 Å². The van der Waals surface area contributed by atoms with Crippen molar-refractivity contribution in [3.05, 3.63) is 103 Å². The second kappa shape index (κ2) is 10.3. The Labute approximate surface area is 217 Å². The molecule has 0 saturated heterocycles. The normalized spacial score (nSPS) is 14.3. The number of hydrogen-bond acceptors (Lipinski definition) is 5. The molecule has 3 aromatic carbocycles. The monoisotopic (exact) mass is 599 g/mol. The van der Waals surface area contributed by atoms with E-state index in [1.54, 1.807) is 0 Å². The predicted octanol–water partition coefficient (Wildman–Crippen LogP) is 6.58. The largest absolute Gasteiger partial charge is 0.481 e. The fraction of sp³-hybridized carbons (Fsp3) is 0.0833. The molecule has 4 rings (SSSR count). The standard InChI is InChI=1S/C24H12BrF6N3O4/c1-10-14(24(35)33(32-10)22-20(30)18(28)17(27)19(29)21(22)31)6-12-7-15(25)23(16(8-12)34(36)37)38-9-11-2-4-13(26)5-3-11/h2-8H,9H2,1H3/b14-6-. The van der Waals surface area contributed by atoms with E-state index in [9.17, 15) is 41.3 Å². The molecule has 14 heteroatoms. The van der Waals surface area contributed by atoms with Crippen molar-refractivity contribution >= 4 is 45.0 Å². The van der Waals surface area contributed by atoms with Crippen LogP contribution in [0.4, 0.5) is 37.7 Å². The molecule has 0 fully saturated rings. The molecule has 0 aromatic heterocycles. The fourth-order valence-corrected chi connectivity index (χ4v) is 4.06. The molecule has 0 N–H and O–H groups in total. The Hall–Kier alpha value is -4.20. The zero-order chi connectivity index (χ0) is 27.9. The van der Waals surface area contributed by atoms with Crippen LogP contribution in [0.15, 0.2) is 51.5 Å². The maximum Gasteiger partial charge on any atom is 0.312 e. The Morgan fingerprint density at radius 2 is 1.58 bits per heavy atom. The molecule has 1 amide bonds. The number of nitro groups is 1.